The minimum Gasteiger partial charge on any atom is -0.457 e. The Bertz CT molecular complexity index is 621. The van der Waals surface area contributed by atoms with Gasteiger partial charge in [-0.15, -0.1) is 0 Å². The van der Waals surface area contributed by atoms with Gasteiger partial charge in [0.25, 0.3) is 0 Å². The van der Waals surface area contributed by atoms with Gasteiger partial charge in [0.15, 0.2) is 5.67 Å². The van der Waals surface area contributed by atoms with Crippen LogP contribution in [0.2, 0.25) is 0 Å². The van der Waals surface area contributed by atoms with Crippen molar-refractivity contribution in [1.29, 1.82) is 0 Å². The molecule has 0 aliphatic carbocycles. The summed E-state index contributed by atoms with van der Waals surface area (Å²) in [5, 5.41) is 4.49. The smallest absolute Gasteiger partial charge is 0.171 e. The van der Waals surface area contributed by atoms with E-state index >= 15 is 4.39 Å². The van der Waals surface area contributed by atoms with Gasteiger partial charge in [-0.3, -0.25) is 0 Å². The molecule has 0 saturated carbocycles. The second-order valence-electron chi connectivity index (χ2n) is 6.12. The Hall–Kier alpha value is -1.35. The quantitative estimate of drug-likeness (QED) is 0.842. The van der Waals surface area contributed by atoms with Crippen molar-refractivity contribution in [1.82, 2.24) is 5.32 Å². The summed E-state index contributed by atoms with van der Waals surface area (Å²) in [4.78, 5) is 0. The molecule has 0 radical (unpaired) electrons. The van der Waals surface area contributed by atoms with E-state index in [0.717, 1.165) is 29.4 Å². The summed E-state index contributed by atoms with van der Waals surface area (Å²) < 4.78 is 21.1. The molecule has 0 amide bonds. The van der Waals surface area contributed by atoms with Gasteiger partial charge in [-0.25, -0.2) is 4.39 Å². The molecule has 2 aliphatic rings. The normalized spacial score (nSPS) is 34.0. The molecule has 2 nitrogen and oxygen atoms in total. The first-order valence-corrected chi connectivity index (χ1v) is 7.09. The van der Waals surface area contributed by atoms with Gasteiger partial charge >= 0.3 is 0 Å². The van der Waals surface area contributed by atoms with E-state index in [1.165, 1.54) is 0 Å². The summed E-state index contributed by atoms with van der Waals surface area (Å²) in [6.45, 7) is 2.01. The largest absolute Gasteiger partial charge is 0.457 e. The van der Waals surface area contributed by atoms with Crippen molar-refractivity contribution in [2.75, 3.05) is 0 Å². The second-order valence-corrected chi connectivity index (χ2v) is 6.12. The molecule has 2 atom stereocenters. The zero-order valence-corrected chi connectivity index (χ0v) is 11.1. The van der Waals surface area contributed by atoms with E-state index in [-0.39, 0.29) is 0 Å². The van der Waals surface area contributed by atoms with E-state index in [9.17, 15) is 0 Å². The summed E-state index contributed by atoms with van der Waals surface area (Å²) in [5.74, 6) is 0.523. The molecule has 1 aromatic carbocycles. The number of nitrogens with one attached hydrogen (secondary N) is 1. The molecular weight excluding hydrogens is 241 g/mol. The third kappa shape index (κ3) is 1.71. The van der Waals surface area contributed by atoms with E-state index in [0.29, 0.717) is 30.7 Å². The van der Waals surface area contributed by atoms with Crippen molar-refractivity contribution in [2.45, 2.75) is 50.4 Å². The van der Waals surface area contributed by atoms with Crippen LogP contribution in [0.1, 0.15) is 37.0 Å². The topological polar surface area (TPSA) is 25.2 Å². The van der Waals surface area contributed by atoms with Crippen molar-refractivity contribution in [2.24, 2.45) is 0 Å². The SMILES string of the molecule is Cc1cccc2cc(C3(F)CC4CCC(C3)N4)oc12. The Morgan fingerprint density at radius 1 is 1.26 bits per heavy atom. The lowest BCUT2D eigenvalue weighted by molar-refractivity contribution is 0.0645. The van der Waals surface area contributed by atoms with Crippen LogP contribution in [0.5, 0.6) is 0 Å². The van der Waals surface area contributed by atoms with Gasteiger partial charge < -0.3 is 9.73 Å². The summed E-state index contributed by atoms with van der Waals surface area (Å²) >= 11 is 0. The van der Waals surface area contributed by atoms with Crippen LogP contribution in [0.4, 0.5) is 4.39 Å². The van der Waals surface area contributed by atoms with Gasteiger partial charge in [-0.1, -0.05) is 18.2 Å². The Kier molecular flexibility index (Phi) is 2.31. The van der Waals surface area contributed by atoms with Gasteiger partial charge in [-0.05, 0) is 31.4 Å². The highest BCUT2D eigenvalue weighted by molar-refractivity contribution is 5.81. The summed E-state index contributed by atoms with van der Waals surface area (Å²) in [7, 11) is 0. The monoisotopic (exact) mass is 259 g/mol. The minimum absolute atomic E-state index is 0.318. The van der Waals surface area contributed by atoms with Gasteiger partial charge in [0.2, 0.25) is 0 Å². The lowest BCUT2D eigenvalue weighted by Gasteiger charge is -2.33. The fourth-order valence-electron chi connectivity index (χ4n) is 3.72. The number of benzene rings is 1. The molecule has 2 saturated heterocycles. The number of piperidine rings is 1. The zero-order valence-electron chi connectivity index (χ0n) is 11.1. The van der Waals surface area contributed by atoms with Crippen LogP contribution < -0.4 is 5.32 Å². The van der Waals surface area contributed by atoms with E-state index in [1.54, 1.807) is 0 Å². The van der Waals surface area contributed by atoms with E-state index in [2.05, 4.69) is 5.32 Å². The number of aryl methyl sites for hydroxylation is 1. The van der Waals surface area contributed by atoms with Crippen LogP contribution in [0.15, 0.2) is 28.7 Å². The first kappa shape index (κ1) is 11.5. The number of rotatable bonds is 1. The predicted octanol–water partition coefficient (Wildman–Crippen LogP) is 3.82. The molecule has 2 unspecified atom stereocenters. The molecule has 3 heterocycles. The van der Waals surface area contributed by atoms with Crippen LogP contribution in [0.25, 0.3) is 11.0 Å². The Balaban J connectivity index is 1.79. The summed E-state index contributed by atoms with van der Waals surface area (Å²) in [6.07, 6.45) is 3.27. The first-order chi connectivity index (χ1) is 9.14. The third-order valence-corrected chi connectivity index (χ3v) is 4.66. The number of fused-ring (bicyclic) bond motifs is 3. The van der Waals surface area contributed by atoms with Crippen LogP contribution in [0, 0.1) is 6.92 Å². The molecule has 4 rings (SSSR count). The fraction of sp³-hybridized carbons (Fsp3) is 0.500. The number of para-hydroxylation sites is 1. The van der Waals surface area contributed by atoms with Gasteiger partial charge in [0, 0.05) is 30.3 Å². The molecule has 2 fully saturated rings. The average Bonchev–Trinajstić information content (AvgIpc) is 2.95. The first-order valence-electron chi connectivity index (χ1n) is 7.09. The number of alkyl halides is 1. The van der Waals surface area contributed by atoms with Crippen molar-refractivity contribution in [3.05, 3.63) is 35.6 Å². The fourth-order valence-corrected chi connectivity index (χ4v) is 3.72. The average molecular weight is 259 g/mol. The van der Waals surface area contributed by atoms with E-state index < -0.39 is 5.67 Å². The molecule has 19 heavy (non-hydrogen) atoms. The highest BCUT2D eigenvalue weighted by Gasteiger charge is 2.47. The number of hydrogen-bond acceptors (Lipinski definition) is 2. The van der Waals surface area contributed by atoms with Gasteiger partial charge in [-0.2, -0.15) is 0 Å². The lowest BCUT2D eigenvalue weighted by atomic mass is 9.87. The predicted molar refractivity (Wildman–Crippen MR) is 72.9 cm³/mol. The molecule has 2 aliphatic heterocycles. The van der Waals surface area contributed by atoms with Crippen LogP contribution in [-0.2, 0) is 5.67 Å². The maximum absolute atomic E-state index is 15.3. The lowest BCUT2D eigenvalue weighted by Crippen LogP contribution is -2.44. The molecule has 2 aromatic rings. The Labute approximate surface area is 112 Å². The van der Waals surface area contributed by atoms with Crippen LogP contribution in [-0.4, -0.2) is 12.1 Å². The van der Waals surface area contributed by atoms with E-state index in [1.807, 2.05) is 31.2 Å². The molecule has 100 valence electrons. The van der Waals surface area contributed by atoms with E-state index in [4.69, 9.17) is 4.42 Å². The maximum Gasteiger partial charge on any atom is 0.171 e. The Morgan fingerprint density at radius 2 is 2.00 bits per heavy atom. The number of hydrogen-bond donors (Lipinski definition) is 1. The second kappa shape index (κ2) is 3.83. The number of halogens is 1. The molecule has 2 bridgehead atoms. The van der Waals surface area contributed by atoms with Gasteiger partial charge in [0.05, 0.1) is 0 Å². The summed E-state index contributed by atoms with van der Waals surface area (Å²) in [5.41, 5.74) is 0.618. The number of furan rings is 1. The molecule has 1 aromatic heterocycles. The van der Waals surface area contributed by atoms with Crippen LogP contribution >= 0.6 is 0 Å². The van der Waals surface area contributed by atoms with Crippen molar-refractivity contribution >= 4 is 11.0 Å². The highest BCUT2D eigenvalue weighted by Crippen LogP contribution is 2.45. The van der Waals surface area contributed by atoms with Crippen molar-refractivity contribution < 1.29 is 8.81 Å². The Morgan fingerprint density at radius 3 is 2.68 bits per heavy atom. The standard InChI is InChI=1S/C16H18FNO/c1-10-3-2-4-11-7-14(19-15(10)11)16(17)8-12-5-6-13(9-16)18-12/h2-4,7,12-13,18H,5-6,8-9H2,1H3. The van der Waals surface area contributed by atoms with Crippen LogP contribution in [0.3, 0.4) is 0 Å². The van der Waals surface area contributed by atoms with Gasteiger partial charge in [0.1, 0.15) is 11.3 Å². The highest BCUT2D eigenvalue weighted by atomic mass is 19.1. The molecule has 3 heteroatoms. The third-order valence-electron chi connectivity index (χ3n) is 4.66. The van der Waals surface area contributed by atoms with Crippen molar-refractivity contribution in [3.8, 4) is 0 Å². The zero-order chi connectivity index (χ0) is 13.0. The maximum atomic E-state index is 15.3. The summed E-state index contributed by atoms with van der Waals surface area (Å²) in [6, 6.07) is 8.53. The molecule has 0 spiro atoms. The van der Waals surface area contributed by atoms with Crippen molar-refractivity contribution in [3.63, 3.8) is 0 Å². The molecular formula is C16H18FNO. The molecule has 1 N–H and O–H groups in total. The minimum atomic E-state index is -1.29.